The van der Waals surface area contributed by atoms with E-state index in [0.29, 0.717) is 12.0 Å². The number of amides is 1. The van der Waals surface area contributed by atoms with Crippen molar-refractivity contribution in [1.82, 2.24) is 5.01 Å². The van der Waals surface area contributed by atoms with Crippen molar-refractivity contribution in [1.29, 1.82) is 0 Å². The molecule has 0 aromatic carbocycles. The van der Waals surface area contributed by atoms with E-state index in [1.54, 1.807) is 7.05 Å². The molecule has 5 heteroatoms. The van der Waals surface area contributed by atoms with Crippen LogP contribution in [0, 0.1) is 22.2 Å². The predicted molar refractivity (Wildman–Crippen MR) is 83.3 cm³/mol. The van der Waals surface area contributed by atoms with Crippen LogP contribution >= 0.6 is 0 Å². The van der Waals surface area contributed by atoms with Gasteiger partial charge in [0.2, 0.25) is 0 Å². The van der Waals surface area contributed by atoms with Gasteiger partial charge in [-0.1, -0.05) is 20.8 Å². The first-order valence-corrected chi connectivity index (χ1v) is 7.85. The molecule has 2 fully saturated rings. The predicted octanol–water partition coefficient (Wildman–Crippen LogP) is 2.68. The Morgan fingerprint density at radius 3 is 2.50 bits per heavy atom. The number of nitrogens with zero attached hydrogens (tertiary/aromatic N) is 2. The van der Waals surface area contributed by atoms with Crippen LogP contribution in [0.5, 0.6) is 0 Å². The molecule has 1 aliphatic heterocycles. The highest BCUT2D eigenvalue weighted by molar-refractivity contribution is 6.16. The van der Waals surface area contributed by atoms with E-state index >= 15 is 0 Å². The molecule has 22 heavy (non-hydrogen) atoms. The summed E-state index contributed by atoms with van der Waals surface area (Å²) in [6, 6.07) is 0. The van der Waals surface area contributed by atoms with Crippen LogP contribution in [0.2, 0.25) is 0 Å². The summed E-state index contributed by atoms with van der Waals surface area (Å²) >= 11 is 0. The van der Waals surface area contributed by atoms with Crippen LogP contribution in [0.25, 0.3) is 0 Å². The fourth-order valence-electron chi connectivity index (χ4n) is 5.17. The standard InChI is InChI=1S/C17H24N2O3/c1-15(2)11-6-7-16(3)13(18-19(5)14(16)22)17(11,4)8-10(9-20)12(15)21/h9,11,20H,6-8H2,1-5H3/b10-9-/t11-,16?,17-/m0/s1. The summed E-state index contributed by atoms with van der Waals surface area (Å²) < 4.78 is 0. The maximum atomic E-state index is 12.6. The van der Waals surface area contributed by atoms with Gasteiger partial charge in [0, 0.05) is 23.5 Å². The molecule has 2 aliphatic carbocycles. The van der Waals surface area contributed by atoms with Gasteiger partial charge in [-0.25, -0.2) is 5.01 Å². The highest BCUT2D eigenvalue weighted by atomic mass is 16.2. The largest absolute Gasteiger partial charge is 0.515 e. The van der Waals surface area contributed by atoms with Crippen LogP contribution < -0.4 is 0 Å². The zero-order valence-corrected chi connectivity index (χ0v) is 13.9. The summed E-state index contributed by atoms with van der Waals surface area (Å²) in [5.41, 5.74) is -0.187. The van der Waals surface area contributed by atoms with E-state index in [1.807, 2.05) is 20.8 Å². The van der Waals surface area contributed by atoms with E-state index in [1.165, 1.54) is 5.01 Å². The second-order valence-corrected chi connectivity index (χ2v) is 8.00. The Labute approximate surface area is 131 Å². The first kappa shape index (κ1) is 15.3. The minimum absolute atomic E-state index is 0.0133. The summed E-state index contributed by atoms with van der Waals surface area (Å²) in [5, 5.41) is 15.5. The van der Waals surface area contributed by atoms with Gasteiger partial charge in [0.05, 0.1) is 17.4 Å². The molecule has 0 aromatic rings. The Hall–Kier alpha value is -1.65. The molecule has 0 spiro atoms. The average Bonchev–Trinajstić information content (AvgIpc) is 2.68. The Morgan fingerprint density at radius 2 is 1.91 bits per heavy atom. The van der Waals surface area contributed by atoms with Crippen molar-refractivity contribution in [3.8, 4) is 0 Å². The van der Waals surface area contributed by atoms with Crippen molar-refractivity contribution in [2.45, 2.75) is 47.0 Å². The van der Waals surface area contributed by atoms with Gasteiger partial charge >= 0.3 is 0 Å². The van der Waals surface area contributed by atoms with Crippen LogP contribution in [-0.2, 0) is 9.59 Å². The van der Waals surface area contributed by atoms with Gasteiger partial charge in [-0.05, 0) is 32.1 Å². The summed E-state index contributed by atoms with van der Waals surface area (Å²) in [6.45, 7) is 7.96. The van der Waals surface area contributed by atoms with Crippen molar-refractivity contribution >= 4 is 17.4 Å². The number of hydrogen-bond acceptors (Lipinski definition) is 4. The molecule has 1 unspecified atom stereocenters. The topological polar surface area (TPSA) is 70.0 Å². The van der Waals surface area contributed by atoms with E-state index in [-0.39, 0.29) is 23.0 Å². The van der Waals surface area contributed by atoms with Crippen LogP contribution in [0.4, 0.5) is 0 Å². The van der Waals surface area contributed by atoms with E-state index in [9.17, 15) is 14.7 Å². The van der Waals surface area contributed by atoms with Crippen LogP contribution in [0.3, 0.4) is 0 Å². The van der Waals surface area contributed by atoms with E-state index in [2.05, 4.69) is 12.0 Å². The number of rotatable bonds is 0. The first-order valence-electron chi connectivity index (χ1n) is 7.85. The monoisotopic (exact) mass is 304 g/mol. The maximum absolute atomic E-state index is 12.6. The lowest BCUT2D eigenvalue weighted by molar-refractivity contribution is -0.137. The summed E-state index contributed by atoms with van der Waals surface area (Å²) in [5.74, 6) is 0.174. The molecule has 2 saturated carbocycles. The number of allylic oxidation sites excluding steroid dienone is 1. The van der Waals surface area contributed by atoms with Crippen molar-refractivity contribution < 1.29 is 14.7 Å². The lowest BCUT2D eigenvalue weighted by atomic mass is 9.46. The van der Waals surface area contributed by atoms with Gasteiger partial charge in [-0.3, -0.25) is 9.59 Å². The minimum Gasteiger partial charge on any atom is -0.515 e. The zero-order valence-electron chi connectivity index (χ0n) is 13.9. The van der Waals surface area contributed by atoms with E-state index in [4.69, 9.17) is 0 Å². The Bertz CT molecular complexity index is 634. The SMILES string of the molecule is CN1N=C2C(C)(CC[C@H]3C(C)(C)C(=O)/C(=C\O)C[C@]23C)C1=O. The fourth-order valence-corrected chi connectivity index (χ4v) is 5.17. The highest BCUT2D eigenvalue weighted by Crippen LogP contribution is 2.61. The number of carbonyl (C=O) groups excluding carboxylic acids is 2. The smallest absolute Gasteiger partial charge is 0.254 e. The number of fused-ring (bicyclic) bond motifs is 3. The molecule has 1 heterocycles. The van der Waals surface area contributed by atoms with Gasteiger partial charge in [0.25, 0.3) is 5.91 Å². The summed E-state index contributed by atoms with van der Waals surface area (Å²) in [7, 11) is 1.69. The lowest BCUT2D eigenvalue weighted by Crippen LogP contribution is -2.59. The van der Waals surface area contributed by atoms with Crippen molar-refractivity contribution in [3.63, 3.8) is 0 Å². The maximum Gasteiger partial charge on any atom is 0.254 e. The average molecular weight is 304 g/mol. The van der Waals surface area contributed by atoms with E-state index in [0.717, 1.165) is 24.8 Å². The first-order chi connectivity index (χ1) is 10.1. The minimum atomic E-state index is -0.572. The fraction of sp³-hybridized carbons (Fsp3) is 0.706. The third-order valence-corrected chi connectivity index (χ3v) is 6.24. The number of hydrogen-bond donors (Lipinski definition) is 1. The van der Waals surface area contributed by atoms with Crippen molar-refractivity contribution in [3.05, 3.63) is 11.8 Å². The van der Waals surface area contributed by atoms with Crippen molar-refractivity contribution in [2.24, 2.45) is 27.3 Å². The molecule has 3 rings (SSSR count). The number of hydrazone groups is 1. The molecule has 0 saturated heterocycles. The molecule has 3 atom stereocenters. The number of Topliss-reactive ketones (excluding diaryl/α,β-unsaturated/α-hetero) is 1. The molecule has 1 amide bonds. The molecule has 1 N–H and O–H groups in total. The van der Waals surface area contributed by atoms with Gasteiger partial charge in [0.15, 0.2) is 5.78 Å². The number of aliphatic hydroxyl groups excluding tert-OH is 1. The second-order valence-electron chi connectivity index (χ2n) is 8.00. The molecule has 0 aromatic heterocycles. The second kappa shape index (κ2) is 4.21. The van der Waals surface area contributed by atoms with Gasteiger partial charge < -0.3 is 5.11 Å². The Morgan fingerprint density at radius 1 is 1.27 bits per heavy atom. The highest BCUT2D eigenvalue weighted by Gasteiger charge is 2.64. The molecule has 120 valence electrons. The van der Waals surface area contributed by atoms with Gasteiger partial charge in [-0.2, -0.15) is 5.10 Å². The normalized spacial score (nSPS) is 42.2. The molecular formula is C17H24N2O3. The molecule has 5 nitrogen and oxygen atoms in total. The number of aliphatic hydroxyl groups is 1. The summed E-state index contributed by atoms with van der Waals surface area (Å²) in [6.07, 6.45) is 2.94. The van der Waals surface area contributed by atoms with Crippen LogP contribution in [0.1, 0.15) is 47.0 Å². The molecule has 0 bridgehead atoms. The third-order valence-electron chi connectivity index (χ3n) is 6.24. The zero-order chi connectivity index (χ0) is 16.5. The summed E-state index contributed by atoms with van der Waals surface area (Å²) in [4.78, 5) is 25.2. The Kier molecular flexibility index (Phi) is 2.92. The van der Waals surface area contributed by atoms with Gasteiger partial charge in [-0.15, -0.1) is 0 Å². The molecule has 3 aliphatic rings. The van der Waals surface area contributed by atoms with E-state index < -0.39 is 10.8 Å². The third kappa shape index (κ3) is 1.57. The molecular weight excluding hydrogens is 280 g/mol. The molecule has 0 radical (unpaired) electrons. The van der Waals surface area contributed by atoms with Gasteiger partial charge in [0.1, 0.15) is 0 Å². The lowest BCUT2D eigenvalue weighted by Gasteiger charge is -2.55. The quantitative estimate of drug-likeness (QED) is 0.552. The van der Waals surface area contributed by atoms with Crippen molar-refractivity contribution in [2.75, 3.05) is 7.05 Å². The van der Waals surface area contributed by atoms with Crippen LogP contribution in [-0.4, -0.2) is 34.6 Å². The Balaban J connectivity index is 2.17. The number of carbonyl (C=O) groups is 2. The number of ketones is 1. The van der Waals surface area contributed by atoms with Crippen LogP contribution in [0.15, 0.2) is 16.9 Å².